The van der Waals surface area contributed by atoms with E-state index in [9.17, 15) is 25.5 Å². The van der Waals surface area contributed by atoms with Crippen LogP contribution in [-0.4, -0.2) is 44.0 Å². The lowest BCUT2D eigenvalue weighted by atomic mass is 9.95. The van der Waals surface area contributed by atoms with Gasteiger partial charge in [-0.1, -0.05) is 54.2 Å². The third-order valence-electron chi connectivity index (χ3n) is 5.89. The van der Waals surface area contributed by atoms with Crippen LogP contribution in [0.3, 0.4) is 0 Å². The van der Waals surface area contributed by atoms with Gasteiger partial charge in [-0.05, 0) is 36.1 Å². The number of hydrogen-bond donors (Lipinski definition) is 4. The quantitative estimate of drug-likeness (QED) is 0.212. The Hall–Kier alpha value is -4.68. The number of pyridine rings is 1. The minimum Gasteiger partial charge on any atom is -0.475 e. The minimum absolute atomic E-state index is 0.0244. The first kappa shape index (κ1) is 27.4. The number of nitriles is 2. The molecule has 0 spiro atoms. The highest BCUT2D eigenvalue weighted by molar-refractivity contribution is 7.98. The Morgan fingerprint density at radius 3 is 2.33 bits per heavy atom. The molecule has 0 unspecified atom stereocenters. The van der Waals surface area contributed by atoms with Gasteiger partial charge in [0.15, 0.2) is 0 Å². The number of thioether (sulfide) groups is 1. The average Bonchev–Trinajstić information content (AvgIpc) is 3.40. The molecule has 0 radical (unpaired) electrons. The Morgan fingerprint density at radius 2 is 1.72 bits per heavy atom. The van der Waals surface area contributed by atoms with E-state index in [0.717, 1.165) is 17.3 Å². The van der Waals surface area contributed by atoms with E-state index in [0.29, 0.717) is 29.5 Å². The van der Waals surface area contributed by atoms with Crippen molar-refractivity contribution in [3.63, 3.8) is 0 Å². The number of aromatic nitrogens is 2. The summed E-state index contributed by atoms with van der Waals surface area (Å²) in [6, 6.07) is 20.1. The van der Waals surface area contributed by atoms with Crippen molar-refractivity contribution < 1.29 is 24.5 Å². The lowest BCUT2D eigenvalue weighted by molar-refractivity contribution is 0.0662. The van der Waals surface area contributed by atoms with Gasteiger partial charge >= 0.3 is 5.97 Å². The smallest absolute Gasteiger partial charge is 0.373 e. The van der Waals surface area contributed by atoms with Crippen LogP contribution in [0.2, 0.25) is 0 Å². The van der Waals surface area contributed by atoms with Gasteiger partial charge in [0, 0.05) is 16.9 Å². The van der Waals surface area contributed by atoms with E-state index in [2.05, 4.69) is 16.0 Å². The summed E-state index contributed by atoms with van der Waals surface area (Å²) in [7, 11) is 0. The van der Waals surface area contributed by atoms with Gasteiger partial charge in [0.25, 0.3) is 0 Å². The number of anilines is 1. The number of aliphatic hydroxyl groups excluding tert-OH is 2. The van der Waals surface area contributed by atoms with Crippen LogP contribution >= 0.6 is 11.8 Å². The predicted octanol–water partition coefficient (Wildman–Crippen LogP) is 4.01. The number of nitrogens with zero attached hydrogens (tertiary/aromatic N) is 4. The summed E-state index contributed by atoms with van der Waals surface area (Å²) in [5, 5.41) is 48.3. The van der Waals surface area contributed by atoms with Crippen LogP contribution in [0.25, 0.3) is 22.6 Å². The lowest BCUT2D eigenvalue weighted by Crippen LogP contribution is -2.12. The van der Waals surface area contributed by atoms with E-state index in [4.69, 9.17) is 15.3 Å². The van der Waals surface area contributed by atoms with E-state index in [1.165, 1.54) is 0 Å². The van der Waals surface area contributed by atoms with Crippen molar-refractivity contribution >= 4 is 23.5 Å². The maximum atomic E-state index is 11.8. The largest absolute Gasteiger partial charge is 0.475 e. The van der Waals surface area contributed by atoms with E-state index in [1.54, 1.807) is 36.4 Å². The Balaban J connectivity index is 1.68. The first-order valence-electron chi connectivity index (χ1n) is 11.8. The normalized spacial score (nSPS) is 11.5. The van der Waals surface area contributed by atoms with Gasteiger partial charge in [0.05, 0.1) is 18.3 Å². The molecule has 0 aliphatic carbocycles. The fourth-order valence-corrected chi connectivity index (χ4v) is 4.84. The molecule has 196 valence electrons. The molecule has 2 aromatic heterocycles. The highest BCUT2D eigenvalue weighted by Crippen LogP contribution is 2.37. The van der Waals surface area contributed by atoms with Crippen molar-refractivity contribution in [1.82, 2.24) is 9.97 Å². The zero-order valence-corrected chi connectivity index (χ0v) is 21.4. The summed E-state index contributed by atoms with van der Waals surface area (Å²) >= 11 is 1.06. The zero-order chi connectivity index (χ0) is 27.9. The van der Waals surface area contributed by atoms with Crippen molar-refractivity contribution in [1.29, 1.82) is 10.5 Å². The van der Waals surface area contributed by atoms with Crippen molar-refractivity contribution in [2.75, 3.05) is 12.3 Å². The first-order chi connectivity index (χ1) is 18.9. The number of oxazole rings is 1. The fraction of sp³-hybridized carbons (Fsp3) is 0.179. The molecule has 0 saturated carbocycles. The first-order valence-corrected chi connectivity index (χ1v) is 12.8. The number of carbonyl (C=O) groups is 1. The number of carboxylic acid groups (broad SMARTS) is 1. The molecule has 1 atom stereocenters. The Kier molecular flexibility index (Phi) is 8.59. The molecule has 0 aliphatic rings. The highest BCUT2D eigenvalue weighted by atomic mass is 32.2. The second-order valence-electron chi connectivity index (χ2n) is 8.48. The molecule has 2 aromatic carbocycles. The van der Waals surface area contributed by atoms with Gasteiger partial charge in [0.2, 0.25) is 11.7 Å². The number of nitrogens with two attached hydrogens (primary N) is 1. The molecule has 10 nitrogen and oxygen atoms in total. The highest BCUT2D eigenvalue weighted by Gasteiger charge is 2.24. The maximum absolute atomic E-state index is 11.8. The second-order valence-corrected chi connectivity index (χ2v) is 9.44. The molecule has 0 aliphatic heterocycles. The molecule has 39 heavy (non-hydrogen) atoms. The monoisotopic (exact) mass is 541 g/mol. The molecule has 0 fully saturated rings. The molecule has 11 heteroatoms. The number of aryl methyl sites for hydroxylation is 1. The summed E-state index contributed by atoms with van der Waals surface area (Å²) in [4.78, 5) is 20.4. The molecule has 4 aromatic rings. The van der Waals surface area contributed by atoms with Gasteiger partial charge in [-0.3, -0.25) is 0 Å². The second kappa shape index (κ2) is 12.2. The number of benzene rings is 2. The number of rotatable bonds is 10. The molecular weight excluding hydrogens is 518 g/mol. The average molecular weight is 542 g/mol. The summed E-state index contributed by atoms with van der Waals surface area (Å²) in [6.45, 7) is -0.318. The predicted molar refractivity (Wildman–Crippen MR) is 143 cm³/mol. The van der Waals surface area contributed by atoms with E-state index in [1.807, 2.05) is 24.3 Å². The maximum Gasteiger partial charge on any atom is 0.373 e. The van der Waals surface area contributed by atoms with Crippen LogP contribution < -0.4 is 5.73 Å². The molecule has 5 N–H and O–H groups in total. The Morgan fingerprint density at radius 1 is 1.03 bits per heavy atom. The summed E-state index contributed by atoms with van der Waals surface area (Å²) < 4.78 is 5.51. The standard InChI is InChI=1S/C28H23N5O5S/c29-12-20-23(17-9-6-16(7-10-17)8-11-19(35)14-34)21(13-30)27(33-25(20)31)39-15-22-24(28(36)37)38-26(32-22)18-4-2-1-3-5-18/h1-7,9-10,19,34-35H,8,11,14-15H2,(H2,31,33)(H,36,37)/t19-/m0/s1. The summed E-state index contributed by atoms with van der Waals surface area (Å²) in [5.41, 5.74) is 8.87. The van der Waals surface area contributed by atoms with Crippen LogP contribution in [0.1, 0.15) is 39.4 Å². The molecule has 0 amide bonds. The van der Waals surface area contributed by atoms with Crippen LogP contribution in [-0.2, 0) is 12.2 Å². The van der Waals surface area contributed by atoms with Gasteiger partial charge < -0.3 is 25.5 Å². The fourth-order valence-electron chi connectivity index (χ4n) is 3.91. The van der Waals surface area contributed by atoms with Crippen LogP contribution in [0.5, 0.6) is 0 Å². The zero-order valence-electron chi connectivity index (χ0n) is 20.5. The van der Waals surface area contributed by atoms with Crippen LogP contribution in [0.4, 0.5) is 5.82 Å². The Bertz CT molecular complexity index is 1570. The van der Waals surface area contributed by atoms with Crippen molar-refractivity contribution in [3.8, 4) is 34.7 Å². The molecule has 0 bridgehead atoms. The number of aliphatic hydroxyl groups is 2. The van der Waals surface area contributed by atoms with Gasteiger partial charge in [-0.15, -0.1) is 0 Å². The van der Waals surface area contributed by atoms with Crippen LogP contribution in [0.15, 0.2) is 64.0 Å². The number of hydrogen-bond acceptors (Lipinski definition) is 10. The summed E-state index contributed by atoms with van der Waals surface area (Å²) in [5.74, 6) is -1.48. The minimum atomic E-state index is -1.28. The van der Waals surface area contributed by atoms with Gasteiger partial charge in [0.1, 0.15) is 34.2 Å². The molecule has 2 heterocycles. The third-order valence-corrected chi connectivity index (χ3v) is 6.88. The van der Waals surface area contributed by atoms with E-state index in [-0.39, 0.29) is 51.7 Å². The lowest BCUT2D eigenvalue weighted by Gasteiger charge is -2.13. The molecule has 4 rings (SSSR count). The van der Waals surface area contributed by atoms with E-state index >= 15 is 0 Å². The van der Waals surface area contributed by atoms with E-state index < -0.39 is 12.1 Å². The van der Waals surface area contributed by atoms with Crippen molar-refractivity contribution in [2.45, 2.75) is 29.7 Å². The van der Waals surface area contributed by atoms with Crippen molar-refractivity contribution in [2.24, 2.45) is 0 Å². The molecular formula is C28H23N5O5S. The van der Waals surface area contributed by atoms with Crippen LogP contribution in [0, 0.1) is 22.7 Å². The third kappa shape index (κ3) is 6.08. The van der Waals surface area contributed by atoms with Gasteiger partial charge in [-0.2, -0.15) is 10.5 Å². The number of aromatic carboxylic acids is 1. The number of carboxylic acids is 1. The Labute approximate surface area is 228 Å². The molecule has 0 saturated heterocycles. The number of nitrogen functional groups attached to an aromatic ring is 1. The van der Waals surface area contributed by atoms with Gasteiger partial charge in [-0.25, -0.2) is 14.8 Å². The van der Waals surface area contributed by atoms with Crippen molar-refractivity contribution in [3.05, 3.63) is 82.7 Å². The topological polar surface area (TPSA) is 190 Å². The summed E-state index contributed by atoms with van der Waals surface area (Å²) in [6.07, 6.45) is 0.111. The SMILES string of the molecule is N#Cc1c(N)nc(SCc2nc(-c3ccccc3)oc2C(=O)O)c(C#N)c1-c1ccc(CC[C@H](O)CO)cc1.